The number of nitrogens with zero attached hydrogens (tertiary/aromatic N) is 1. The zero-order valence-electron chi connectivity index (χ0n) is 14.3. The van der Waals surface area contributed by atoms with Crippen molar-refractivity contribution in [3.8, 4) is 22.8 Å². The molecule has 134 valence electrons. The van der Waals surface area contributed by atoms with Crippen LogP contribution in [0.1, 0.15) is 5.69 Å². The average molecular weight is 373 g/mol. The van der Waals surface area contributed by atoms with Crippen LogP contribution in [-0.4, -0.2) is 25.3 Å². The minimum Gasteiger partial charge on any atom is -0.497 e. The molecule has 1 heterocycles. The topological polar surface area (TPSA) is 73.6 Å². The molecule has 0 spiro atoms. The summed E-state index contributed by atoms with van der Waals surface area (Å²) in [7, 11) is 3.13. The van der Waals surface area contributed by atoms with E-state index in [0.29, 0.717) is 27.9 Å². The van der Waals surface area contributed by atoms with Crippen LogP contribution in [-0.2, 0) is 11.2 Å². The van der Waals surface area contributed by atoms with E-state index in [9.17, 15) is 4.79 Å². The fourth-order valence-electron chi connectivity index (χ4n) is 2.42. The number of nitrogens with one attached hydrogen (secondary N) is 1. The van der Waals surface area contributed by atoms with Gasteiger partial charge in [-0.15, -0.1) is 0 Å². The minimum atomic E-state index is -0.250. The molecule has 0 aliphatic carbocycles. The summed E-state index contributed by atoms with van der Waals surface area (Å²) in [5.74, 6) is 1.61. The van der Waals surface area contributed by atoms with Gasteiger partial charge in [0.2, 0.25) is 5.91 Å². The van der Waals surface area contributed by atoms with E-state index >= 15 is 0 Å². The van der Waals surface area contributed by atoms with Crippen molar-refractivity contribution in [3.63, 3.8) is 0 Å². The summed E-state index contributed by atoms with van der Waals surface area (Å²) in [6.45, 7) is 0. The third-order valence-electron chi connectivity index (χ3n) is 3.71. The number of anilines is 1. The van der Waals surface area contributed by atoms with Gasteiger partial charge in [0.15, 0.2) is 5.76 Å². The lowest BCUT2D eigenvalue weighted by atomic mass is 10.1. The highest BCUT2D eigenvalue weighted by atomic mass is 35.5. The first-order valence-corrected chi connectivity index (χ1v) is 8.20. The molecule has 0 saturated carbocycles. The van der Waals surface area contributed by atoms with E-state index in [-0.39, 0.29) is 12.3 Å². The quantitative estimate of drug-likeness (QED) is 0.702. The van der Waals surface area contributed by atoms with Gasteiger partial charge < -0.3 is 19.3 Å². The zero-order chi connectivity index (χ0) is 18.5. The van der Waals surface area contributed by atoms with E-state index in [0.717, 1.165) is 11.3 Å². The second kappa shape index (κ2) is 7.93. The number of halogens is 1. The van der Waals surface area contributed by atoms with Gasteiger partial charge in [-0.1, -0.05) is 16.8 Å². The molecular weight excluding hydrogens is 356 g/mol. The van der Waals surface area contributed by atoms with Crippen molar-refractivity contribution in [2.75, 3.05) is 19.5 Å². The molecule has 0 atom stereocenters. The predicted molar refractivity (Wildman–Crippen MR) is 98.8 cm³/mol. The molecule has 2 aromatic carbocycles. The average Bonchev–Trinajstić information content (AvgIpc) is 3.10. The Morgan fingerprint density at radius 3 is 2.58 bits per heavy atom. The van der Waals surface area contributed by atoms with Crippen molar-refractivity contribution in [3.05, 3.63) is 59.2 Å². The van der Waals surface area contributed by atoms with E-state index in [1.54, 1.807) is 31.4 Å². The maximum Gasteiger partial charge on any atom is 0.230 e. The monoisotopic (exact) mass is 372 g/mol. The Labute approximate surface area is 155 Å². The molecule has 3 aromatic rings. The molecule has 0 radical (unpaired) electrons. The van der Waals surface area contributed by atoms with Crippen LogP contribution < -0.4 is 14.8 Å². The van der Waals surface area contributed by atoms with E-state index in [1.807, 2.05) is 24.3 Å². The molecule has 0 aliphatic heterocycles. The van der Waals surface area contributed by atoms with Crippen molar-refractivity contribution >= 4 is 23.2 Å². The largest absolute Gasteiger partial charge is 0.497 e. The first kappa shape index (κ1) is 17.8. The molecule has 1 amide bonds. The third-order valence-corrected chi connectivity index (χ3v) is 3.95. The molecule has 0 fully saturated rings. The van der Waals surface area contributed by atoms with Crippen LogP contribution in [0.2, 0.25) is 5.02 Å². The van der Waals surface area contributed by atoms with Gasteiger partial charge in [-0.05, 0) is 42.5 Å². The second-order valence-corrected chi connectivity index (χ2v) is 5.92. The van der Waals surface area contributed by atoms with Crippen LogP contribution in [0.3, 0.4) is 0 Å². The van der Waals surface area contributed by atoms with E-state index in [4.69, 9.17) is 25.6 Å². The lowest BCUT2D eigenvalue weighted by molar-refractivity contribution is -0.115. The number of carbonyl (C=O) groups is 1. The van der Waals surface area contributed by atoms with Gasteiger partial charge in [-0.3, -0.25) is 4.79 Å². The standard InChI is InChI=1S/C19H17ClN2O4/c1-24-15-6-3-12(4-7-15)18-10-14(22-26-18)11-19(23)21-16-9-13(20)5-8-17(16)25-2/h3-10H,11H2,1-2H3,(H,21,23). The van der Waals surface area contributed by atoms with Crippen molar-refractivity contribution in [2.45, 2.75) is 6.42 Å². The molecule has 7 heteroatoms. The molecule has 3 rings (SSSR count). The number of aromatic nitrogens is 1. The molecule has 1 N–H and O–H groups in total. The number of amides is 1. The smallest absolute Gasteiger partial charge is 0.230 e. The molecule has 1 aromatic heterocycles. The molecule has 0 saturated heterocycles. The number of benzene rings is 2. The zero-order valence-corrected chi connectivity index (χ0v) is 15.0. The van der Waals surface area contributed by atoms with Crippen LogP contribution in [0.4, 0.5) is 5.69 Å². The van der Waals surface area contributed by atoms with Crippen molar-refractivity contribution < 1.29 is 18.8 Å². The van der Waals surface area contributed by atoms with Crippen molar-refractivity contribution in [2.24, 2.45) is 0 Å². The summed E-state index contributed by atoms with van der Waals surface area (Å²) in [5, 5.41) is 7.22. The summed E-state index contributed by atoms with van der Waals surface area (Å²) >= 11 is 5.97. The summed E-state index contributed by atoms with van der Waals surface area (Å²) in [6, 6.07) is 14.1. The Morgan fingerprint density at radius 2 is 1.88 bits per heavy atom. The normalized spacial score (nSPS) is 10.4. The number of ether oxygens (including phenoxy) is 2. The van der Waals surface area contributed by atoms with Gasteiger partial charge in [0, 0.05) is 16.7 Å². The fraction of sp³-hybridized carbons (Fsp3) is 0.158. The van der Waals surface area contributed by atoms with Crippen LogP contribution in [0.15, 0.2) is 53.1 Å². The maximum atomic E-state index is 12.3. The maximum absolute atomic E-state index is 12.3. The fourth-order valence-corrected chi connectivity index (χ4v) is 2.60. The minimum absolute atomic E-state index is 0.0648. The second-order valence-electron chi connectivity index (χ2n) is 5.48. The van der Waals surface area contributed by atoms with Gasteiger partial charge in [-0.25, -0.2) is 0 Å². The molecule has 0 aliphatic rings. The Bertz CT molecular complexity index is 906. The van der Waals surface area contributed by atoms with Crippen LogP contribution in [0.25, 0.3) is 11.3 Å². The highest BCUT2D eigenvalue weighted by Crippen LogP contribution is 2.28. The number of hydrogen-bond donors (Lipinski definition) is 1. The van der Waals surface area contributed by atoms with Gasteiger partial charge in [0.25, 0.3) is 0 Å². The van der Waals surface area contributed by atoms with Crippen LogP contribution >= 0.6 is 11.6 Å². The summed E-state index contributed by atoms with van der Waals surface area (Å²) in [6.07, 6.45) is 0.0648. The third kappa shape index (κ3) is 4.15. The van der Waals surface area contributed by atoms with Gasteiger partial charge in [0.05, 0.1) is 32.0 Å². The van der Waals surface area contributed by atoms with Crippen molar-refractivity contribution in [1.82, 2.24) is 5.16 Å². The van der Waals surface area contributed by atoms with Crippen molar-refractivity contribution in [1.29, 1.82) is 0 Å². The van der Waals surface area contributed by atoms with Crippen LogP contribution in [0.5, 0.6) is 11.5 Å². The van der Waals surface area contributed by atoms with Gasteiger partial charge in [-0.2, -0.15) is 0 Å². The van der Waals surface area contributed by atoms with E-state index in [2.05, 4.69) is 10.5 Å². The highest BCUT2D eigenvalue weighted by Gasteiger charge is 2.13. The predicted octanol–water partition coefficient (Wildman–Crippen LogP) is 4.19. The SMILES string of the molecule is COc1ccc(-c2cc(CC(=O)Nc3cc(Cl)ccc3OC)no2)cc1. The number of rotatable bonds is 6. The lowest BCUT2D eigenvalue weighted by Crippen LogP contribution is -2.15. The Morgan fingerprint density at radius 1 is 1.12 bits per heavy atom. The Hall–Kier alpha value is -2.99. The molecular formula is C19H17ClN2O4. The summed E-state index contributed by atoms with van der Waals surface area (Å²) in [5.41, 5.74) is 1.87. The van der Waals surface area contributed by atoms with E-state index in [1.165, 1.54) is 7.11 Å². The summed E-state index contributed by atoms with van der Waals surface area (Å²) < 4.78 is 15.7. The number of carbonyl (C=O) groups excluding carboxylic acids is 1. The molecule has 26 heavy (non-hydrogen) atoms. The summed E-state index contributed by atoms with van der Waals surface area (Å²) in [4.78, 5) is 12.3. The van der Waals surface area contributed by atoms with Gasteiger partial charge in [0.1, 0.15) is 11.5 Å². The first-order valence-electron chi connectivity index (χ1n) is 7.82. The number of hydrogen-bond acceptors (Lipinski definition) is 5. The molecule has 6 nitrogen and oxygen atoms in total. The first-order chi connectivity index (χ1) is 12.6. The molecule has 0 unspecified atom stereocenters. The molecule has 0 bridgehead atoms. The van der Waals surface area contributed by atoms with E-state index < -0.39 is 0 Å². The van der Waals surface area contributed by atoms with Gasteiger partial charge >= 0.3 is 0 Å². The van der Waals surface area contributed by atoms with Crippen LogP contribution in [0, 0.1) is 0 Å². The number of methoxy groups -OCH3 is 2. The Kier molecular flexibility index (Phi) is 5.43. The Balaban J connectivity index is 1.69. The highest BCUT2D eigenvalue weighted by molar-refractivity contribution is 6.31. The lowest BCUT2D eigenvalue weighted by Gasteiger charge is -2.09.